The molecule has 1 fully saturated rings. The van der Waals surface area contributed by atoms with E-state index in [1.807, 2.05) is 24.4 Å². The topological polar surface area (TPSA) is 22.1 Å². The molecule has 1 aliphatic rings. The molecule has 0 spiro atoms. The van der Waals surface area contributed by atoms with E-state index < -0.39 is 0 Å². The second-order valence-electron chi connectivity index (χ2n) is 5.76. The second kappa shape index (κ2) is 4.54. The van der Waals surface area contributed by atoms with E-state index in [1.165, 1.54) is 12.8 Å². The molecule has 2 nitrogen and oxygen atoms in total. The average Bonchev–Trinajstić information content (AvgIpc) is 3.02. The Kier molecular flexibility index (Phi) is 3.29. The third-order valence-corrected chi connectivity index (χ3v) is 3.04. The zero-order valence-corrected chi connectivity index (χ0v) is 10.4. The van der Waals surface area contributed by atoms with Crippen LogP contribution in [0.1, 0.15) is 39.3 Å². The highest BCUT2D eigenvalue weighted by Crippen LogP contribution is 2.42. The van der Waals surface area contributed by atoms with Gasteiger partial charge in [0.1, 0.15) is 0 Å². The predicted molar refractivity (Wildman–Crippen MR) is 65.0 cm³/mol. The minimum absolute atomic E-state index is 0.232. The van der Waals surface area contributed by atoms with Gasteiger partial charge in [-0.25, -0.2) is 0 Å². The van der Waals surface area contributed by atoms with Gasteiger partial charge in [-0.1, -0.05) is 26.8 Å². The Bertz CT molecular complexity index is 324. The van der Waals surface area contributed by atoms with Gasteiger partial charge in [0.15, 0.2) is 0 Å². The number of rotatable bonds is 4. The number of hydrogen-bond acceptors (Lipinski definition) is 2. The molecule has 0 aromatic carbocycles. The van der Waals surface area contributed by atoms with Gasteiger partial charge in [0.25, 0.3) is 0 Å². The fourth-order valence-corrected chi connectivity index (χ4v) is 2.15. The molecular weight excluding hydrogens is 198 g/mol. The molecule has 1 heterocycles. The van der Waals surface area contributed by atoms with Gasteiger partial charge in [0.2, 0.25) is 0 Å². The van der Waals surface area contributed by atoms with E-state index in [4.69, 9.17) is 4.74 Å². The van der Waals surface area contributed by atoms with Crippen molar-refractivity contribution >= 4 is 0 Å². The lowest BCUT2D eigenvalue weighted by molar-refractivity contribution is -0.0431. The first-order chi connectivity index (χ1) is 7.57. The van der Waals surface area contributed by atoms with Crippen LogP contribution in [-0.2, 0) is 11.3 Å². The van der Waals surface area contributed by atoms with E-state index in [9.17, 15) is 0 Å². The summed E-state index contributed by atoms with van der Waals surface area (Å²) in [5, 5.41) is 0. The molecular formula is C14H21NO. The van der Waals surface area contributed by atoms with Crippen LogP contribution in [0.4, 0.5) is 0 Å². The SMILES string of the molecule is CC(C)(C)[C@H](OCc1ccccn1)C1CC1. The lowest BCUT2D eigenvalue weighted by Gasteiger charge is -2.30. The van der Waals surface area contributed by atoms with Crippen molar-refractivity contribution in [3.05, 3.63) is 30.1 Å². The highest BCUT2D eigenvalue weighted by Gasteiger charge is 2.39. The van der Waals surface area contributed by atoms with Gasteiger partial charge in [0.05, 0.1) is 18.4 Å². The average molecular weight is 219 g/mol. The molecule has 2 rings (SSSR count). The Morgan fingerprint density at radius 3 is 2.62 bits per heavy atom. The van der Waals surface area contributed by atoms with Crippen molar-refractivity contribution in [2.24, 2.45) is 11.3 Å². The maximum absolute atomic E-state index is 6.05. The van der Waals surface area contributed by atoms with E-state index in [0.29, 0.717) is 12.7 Å². The molecule has 0 aliphatic heterocycles. The van der Waals surface area contributed by atoms with Crippen LogP contribution in [0, 0.1) is 11.3 Å². The summed E-state index contributed by atoms with van der Waals surface area (Å²) >= 11 is 0. The van der Waals surface area contributed by atoms with E-state index in [2.05, 4.69) is 25.8 Å². The van der Waals surface area contributed by atoms with Crippen molar-refractivity contribution in [1.29, 1.82) is 0 Å². The standard InChI is InChI=1S/C14H21NO/c1-14(2,3)13(11-7-8-11)16-10-12-6-4-5-9-15-12/h4-6,9,11,13H,7-8,10H2,1-3H3/t13-/m1/s1. The molecule has 1 atom stereocenters. The summed E-state index contributed by atoms with van der Waals surface area (Å²) in [5.41, 5.74) is 1.26. The van der Waals surface area contributed by atoms with Gasteiger partial charge >= 0.3 is 0 Å². The first-order valence-corrected chi connectivity index (χ1v) is 6.09. The third kappa shape index (κ3) is 3.05. The number of pyridine rings is 1. The predicted octanol–water partition coefficient (Wildman–Crippen LogP) is 3.42. The highest BCUT2D eigenvalue weighted by molar-refractivity contribution is 5.02. The monoisotopic (exact) mass is 219 g/mol. The first kappa shape index (κ1) is 11.6. The van der Waals surface area contributed by atoms with Gasteiger partial charge in [-0.2, -0.15) is 0 Å². The van der Waals surface area contributed by atoms with Crippen LogP contribution in [0.5, 0.6) is 0 Å². The van der Waals surface area contributed by atoms with Crippen LogP contribution < -0.4 is 0 Å². The molecule has 0 saturated heterocycles. The first-order valence-electron chi connectivity index (χ1n) is 6.09. The van der Waals surface area contributed by atoms with Crippen molar-refractivity contribution in [1.82, 2.24) is 4.98 Å². The van der Waals surface area contributed by atoms with Crippen LogP contribution in [-0.4, -0.2) is 11.1 Å². The maximum Gasteiger partial charge on any atom is 0.0892 e. The van der Waals surface area contributed by atoms with Gasteiger partial charge < -0.3 is 4.74 Å². The Morgan fingerprint density at radius 2 is 2.12 bits per heavy atom. The summed E-state index contributed by atoms with van der Waals surface area (Å²) in [6, 6.07) is 5.97. The minimum Gasteiger partial charge on any atom is -0.371 e. The molecule has 1 aliphatic carbocycles. The normalized spacial score (nSPS) is 18.4. The smallest absolute Gasteiger partial charge is 0.0892 e. The molecule has 2 heteroatoms. The Morgan fingerprint density at radius 1 is 1.38 bits per heavy atom. The summed E-state index contributed by atoms with van der Waals surface area (Å²) in [4.78, 5) is 4.29. The second-order valence-corrected chi connectivity index (χ2v) is 5.76. The van der Waals surface area contributed by atoms with Crippen molar-refractivity contribution in [2.45, 2.75) is 46.3 Å². The lowest BCUT2D eigenvalue weighted by Crippen LogP contribution is -2.31. The lowest BCUT2D eigenvalue weighted by atomic mass is 9.86. The van der Waals surface area contributed by atoms with E-state index in [1.54, 1.807) is 0 Å². The van der Waals surface area contributed by atoms with Crippen LogP contribution >= 0.6 is 0 Å². The van der Waals surface area contributed by atoms with Crippen molar-refractivity contribution in [2.75, 3.05) is 0 Å². The molecule has 1 aromatic heterocycles. The van der Waals surface area contributed by atoms with Crippen molar-refractivity contribution < 1.29 is 4.74 Å². The summed E-state index contributed by atoms with van der Waals surface area (Å²) < 4.78 is 6.05. The fourth-order valence-electron chi connectivity index (χ4n) is 2.15. The van der Waals surface area contributed by atoms with E-state index in [-0.39, 0.29) is 5.41 Å². The summed E-state index contributed by atoms with van der Waals surface area (Å²) in [7, 11) is 0. The Balaban J connectivity index is 1.92. The summed E-state index contributed by atoms with van der Waals surface area (Å²) in [6.45, 7) is 7.41. The molecule has 88 valence electrons. The molecule has 0 unspecified atom stereocenters. The largest absolute Gasteiger partial charge is 0.371 e. The Hall–Kier alpha value is -0.890. The number of ether oxygens (including phenoxy) is 1. The maximum atomic E-state index is 6.05. The van der Waals surface area contributed by atoms with Crippen LogP contribution in [0.2, 0.25) is 0 Å². The summed E-state index contributed by atoms with van der Waals surface area (Å²) in [6.07, 6.45) is 4.84. The minimum atomic E-state index is 0.232. The van der Waals surface area contributed by atoms with Crippen LogP contribution in [0.15, 0.2) is 24.4 Å². The molecule has 0 radical (unpaired) electrons. The quantitative estimate of drug-likeness (QED) is 0.774. The Labute approximate surface area is 98.0 Å². The fraction of sp³-hybridized carbons (Fsp3) is 0.643. The number of aromatic nitrogens is 1. The van der Waals surface area contributed by atoms with Crippen molar-refractivity contribution in [3.8, 4) is 0 Å². The van der Waals surface area contributed by atoms with Gasteiger partial charge in [-0.3, -0.25) is 4.98 Å². The van der Waals surface area contributed by atoms with Gasteiger partial charge in [-0.05, 0) is 36.3 Å². The zero-order chi connectivity index (χ0) is 11.6. The molecule has 0 amide bonds. The van der Waals surface area contributed by atoms with Crippen LogP contribution in [0.3, 0.4) is 0 Å². The van der Waals surface area contributed by atoms with Gasteiger partial charge in [-0.15, -0.1) is 0 Å². The van der Waals surface area contributed by atoms with Crippen molar-refractivity contribution in [3.63, 3.8) is 0 Å². The molecule has 0 N–H and O–H groups in total. The number of nitrogens with zero attached hydrogens (tertiary/aromatic N) is 1. The summed E-state index contributed by atoms with van der Waals surface area (Å²) in [5.74, 6) is 0.767. The van der Waals surface area contributed by atoms with E-state index >= 15 is 0 Å². The number of hydrogen-bond donors (Lipinski definition) is 0. The highest BCUT2D eigenvalue weighted by atomic mass is 16.5. The third-order valence-electron chi connectivity index (χ3n) is 3.04. The molecule has 0 bridgehead atoms. The van der Waals surface area contributed by atoms with Crippen LogP contribution in [0.25, 0.3) is 0 Å². The molecule has 1 saturated carbocycles. The van der Waals surface area contributed by atoms with E-state index in [0.717, 1.165) is 11.6 Å². The molecule has 16 heavy (non-hydrogen) atoms. The van der Waals surface area contributed by atoms with Gasteiger partial charge in [0, 0.05) is 6.20 Å². The zero-order valence-electron chi connectivity index (χ0n) is 10.4. The molecule has 1 aromatic rings.